The third-order valence-corrected chi connectivity index (χ3v) is 4.78. The van der Waals surface area contributed by atoms with Gasteiger partial charge >= 0.3 is 0 Å². The zero-order valence-corrected chi connectivity index (χ0v) is 13.9. The number of nitrogens with zero attached hydrogens (tertiary/aromatic N) is 4. The topological polar surface area (TPSA) is 41.9 Å². The monoisotopic (exact) mass is 314 g/mol. The molecule has 22 heavy (non-hydrogen) atoms. The van der Waals surface area contributed by atoms with Crippen molar-refractivity contribution in [1.82, 2.24) is 15.0 Å². The number of rotatable bonds is 2. The van der Waals surface area contributed by atoms with Gasteiger partial charge < -0.3 is 4.90 Å². The van der Waals surface area contributed by atoms with Crippen LogP contribution in [0.5, 0.6) is 0 Å². The molecule has 4 nitrogen and oxygen atoms in total. The lowest BCUT2D eigenvalue weighted by molar-refractivity contribution is 0.548. The van der Waals surface area contributed by atoms with Crippen molar-refractivity contribution >= 4 is 17.4 Å². The fourth-order valence-electron chi connectivity index (χ4n) is 3.29. The molecule has 0 bridgehead atoms. The molecule has 1 aliphatic heterocycles. The predicted octanol–water partition coefficient (Wildman–Crippen LogP) is 3.76. The first-order valence-corrected chi connectivity index (χ1v) is 8.11. The molecule has 2 aromatic heterocycles. The number of halogens is 1. The summed E-state index contributed by atoms with van der Waals surface area (Å²) < 4.78 is 0. The molecule has 0 radical (unpaired) electrons. The van der Waals surface area contributed by atoms with Crippen LogP contribution in [-0.2, 0) is 5.41 Å². The summed E-state index contributed by atoms with van der Waals surface area (Å²) in [5.74, 6) is 1.72. The average molecular weight is 315 g/mol. The first kappa shape index (κ1) is 13.9. The largest absolute Gasteiger partial charge is 0.352 e. The van der Waals surface area contributed by atoms with Gasteiger partial charge in [0, 0.05) is 41.0 Å². The second-order valence-electron chi connectivity index (χ2n) is 6.97. The maximum atomic E-state index is 6.55. The number of hydrogen-bond donors (Lipinski definition) is 0. The highest BCUT2D eigenvalue weighted by molar-refractivity contribution is 6.30. The Morgan fingerprint density at radius 3 is 2.73 bits per heavy atom. The van der Waals surface area contributed by atoms with E-state index in [0.29, 0.717) is 17.0 Å². The van der Waals surface area contributed by atoms with Crippen molar-refractivity contribution in [2.45, 2.75) is 45.1 Å². The Morgan fingerprint density at radius 2 is 2.05 bits per heavy atom. The summed E-state index contributed by atoms with van der Waals surface area (Å²) in [5.41, 5.74) is 3.02. The lowest BCUT2D eigenvalue weighted by atomic mass is 9.89. The van der Waals surface area contributed by atoms with Crippen molar-refractivity contribution in [2.24, 2.45) is 0 Å². The Bertz CT molecular complexity index is 752. The highest BCUT2D eigenvalue weighted by Gasteiger charge is 2.44. The van der Waals surface area contributed by atoms with Crippen LogP contribution in [0, 0.1) is 6.92 Å². The van der Waals surface area contributed by atoms with Gasteiger partial charge in [0.1, 0.15) is 11.0 Å². The molecule has 1 saturated carbocycles. The summed E-state index contributed by atoms with van der Waals surface area (Å²) in [6.07, 6.45) is 4.29. The van der Waals surface area contributed by atoms with Crippen molar-refractivity contribution in [3.63, 3.8) is 0 Å². The second-order valence-corrected chi connectivity index (χ2v) is 7.32. The van der Waals surface area contributed by atoms with E-state index in [2.05, 4.69) is 28.7 Å². The van der Waals surface area contributed by atoms with Gasteiger partial charge in [-0.05, 0) is 31.9 Å². The molecule has 4 rings (SSSR count). The van der Waals surface area contributed by atoms with Crippen LogP contribution in [0.1, 0.15) is 37.9 Å². The number of aromatic nitrogens is 3. The molecule has 2 aliphatic rings. The van der Waals surface area contributed by atoms with E-state index in [4.69, 9.17) is 16.6 Å². The van der Waals surface area contributed by atoms with Crippen LogP contribution >= 0.6 is 11.6 Å². The zero-order valence-electron chi connectivity index (χ0n) is 13.1. The van der Waals surface area contributed by atoms with Gasteiger partial charge in [-0.3, -0.25) is 4.98 Å². The van der Waals surface area contributed by atoms with Gasteiger partial charge in [-0.15, -0.1) is 0 Å². The van der Waals surface area contributed by atoms with E-state index in [-0.39, 0.29) is 5.41 Å². The smallest absolute Gasteiger partial charge is 0.163 e. The summed E-state index contributed by atoms with van der Waals surface area (Å²) in [6.45, 7) is 7.39. The van der Waals surface area contributed by atoms with Crippen LogP contribution in [0.3, 0.4) is 0 Å². The standard InChI is InChI=1S/C17H19ClN4/c1-10-8-11(6-7-19-10)15-20-14(18)13-16(21-15)22(12-4-5-12)9-17(13,2)3/h6-8,12H,4-5,9H2,1-3H3. The van der Waals surface area contributed by atoms with Crippen LogP contribution in [0.25, 0.3) is 11.4 Å². The van der Waals surface area contributed by atoms with E-state index < -0.39 is 0 Å². The molecule has 0 spiro atoms. The van der Waals surface area contributed by atoms with Gasteiger partial charge in [0.25, 0.3) is 0 Å². The number of anilines is 1. The van der Waals surface area contributed by atoms with E-state index in [1.165, 1.54) is 12.8 Å². The third kappa shape index (κ3) is 2.17. The molecule has 3 heterocycles. The second kappa shape index (κ2) is 4.66. The molecule has 0 N–H and O–H groups in total. The van der Waals surface area contributed by atoms with Gasteiger partial charge in [0.2, 0.25) is 0 Å². The molecule has 1 aliphatic carbocycles. The van der Waals surface area contributed by atoms with Gasteiger partial charge in [0.15, 0.2) is 5.82 Å². The molecule has 1 fully saturated rings. The Labute approximate surface area is 135 Å². The minimum atomic E-state index is 0.00168. The number of pyridine rings is 1. The quantitative estimate of drug-likeness (QED) is 0.791. The fraction of sp³-hybridized carbons (Fsp3) is 0.471. The molecule has 0 aromatic carbocycles. The molecular formula is C17H19ClN4. The Balaban J connectivity index is 1.88. The zero-order chi connectivity index (χ0) is 15.5. The molecule has 0 unspecified atom stereocenters. The summed E-state index contributed by atoms with van der Waals surface area (Å²) in [5, 5.41) is 0.586. The van der Waals surface area contributed by atoms with E-state index in [1.54, 1.807) is 6.20 Å². The van der Waals surface area contributed by atoms with E-state index in [9.17, 15) is 0 Å². The van der Waals surface area contributed by atoms with Crippen LogP contribution in [0.2, 0.25) is 5.15 Å². The summed E-state index contributed by atoms with van der Waals surface area (Å²) in [4.78, 5) is 16.1. The normalized spacial score (nSPS) is 19.4. The lowest BCUT2D eigenvalue weighted by Gasteiger charge is -2.21. The molecule has 0 atom stereocenters. The van der Waals surface area contributed by atoms with Gasteiger partial charge in [-0.2, -0.15) is 0 Å². The predicted molar refractivity (Wildman–Crippen MR) is 88.4 cm³/mol. The van der Waals surface area contributed by atoms with E-state index in [0.717, 1.165) is 29.2 Å². The summed E-state index contributed by atoms with van der Waals surface area (Å²) >= 11 is 6.55. The molecule has 114 valence electrons. The lowest BCUT2D eigenvalue weighted by Crippen LogP contribution is -2.30. The molecule has 2 aromatic rings. The molecule has 0 amide bonds. The van der Waals surface area contributed by atoms with Gasteiger partial charge in [0.05, 0.1) is 0 Å². The van der Waals surface area contributed by atoms with Crippen LogP contribution in [-0.4, -0.2) is 27.5 Å². The third-order valence-electron chi connectivity index (χ3n) is 4.50. The highest BCUT2D eigenvalue weighted by atomic mass is 35.5. The van der Waals surface area contributed by atoms with E-state index >= 15 is 0 Å². The molecule has 0 saturated heterocycles. The minimum Gasteiger partial charge on any atom is -0.352 e. The van der Waals surface area contributed by atoms with E-state index in [1.807, 2.05) is 19.1 Å². The Morgan fingerprint density at radius 1 is 1.27 bits per heavy atom. The molecular weight excluding hydrogens is 296 g/mol. The van der Waals surface area contributed by atoms with Gasteiger partial charge in [-0.1, -0.05) is 25.4 Å². The van der Waals surface area contributed by atoms with Crippen LogP contribution < -0.4 is 4.90 Å². The Kier molecular flexibility index (Phi) is 2.95. The minimum absolute atomic E-state index is 0.00168. The Hall–Kier alpha value is -1.68. The van der Waals surface area contributed by atoms with Crippen molar-refractivity contribution in [3.8, 4) is 11.4 Å². The first-order chi connectivity index (χ1) is 10.5. The number of fused-ring (bicyclic) bond motifs is 1. The van der Waals surface area contributed by atoms with Crippen molar-refractivity contribution in [1.29, 1.82) is 0 Å². The van der Waals surface area contributed by atoms with Crippen LogP contribution in [0.15, 0.2) is 18.3 Å². The first-order valence-electron chi connectivity index (χ1n) is 7.73. The fourth-order valence-corrected chi connectivity index (χ4v) is 3.71. The SMILES string of the molecule is Cc1cc(-c2nc(Cl)c3c(n2)N(C2CC2)CC3(C)C)ccn1. The number of aryl methyl sites for hydroxylation is 1. The van der Waals surface area contributed by atoms with Crippen molar-refractivity contribution in [3.05, 3.63) is 34.7 Å². The van der Waals surface area contributed by atoms with Gasteiger partial charge in [-0.25, -0.2) is 9.97 Å². The summed E-state index contributed by atoms with van der Waals surface area (Å²) in [7, 11) is 0. The number of hydrogen-bond acceptors (Lipinski definition) is 4. The maximum Gasteiger partial charge on any atom is 0.163 e. The average Bonchev–Trinajstić information content (AvgIpc) is 3.24. The summed E-state index contributed by atoms with van der Waals surface area (Å²) in [6, 6.07) is 4.56. The van der Waals surface area contributed by atoms with Crippen LogP contribution in [0.4, 0.5) is 5.82 Å². The van der Waals surface area contributed by atoms with Crippen molar-refractivity contribution in [2.75, 3.05) is 11.4 Å². The molecule has 5 heteroatoms. The van der Waals surface area contributed by atoms with Crippen molar-refractivity contribution < 1.29 is 0 Å². The maximum absolute atomic E-state index is 6.55. The highest BCUT2D eigenvalue weighted by Crippen LogP contribution is 2.47.